The smallest absolute Gasteiger partial charge is 0.748 e. The van der Waals surface area contributed by atoms with Gasteiger partial charge in [-0.2, -0.15) is 0 Å². The molecule has 0 aromatic heterocycles. The molecule has 0 aromatic carbocycles. The van der Waals surface area contributed by atoms with Crippen LogP contribution in [-0.2, 0) is 14.9 Å². The molecule has 0 radical (unpaired) electrons. The van der Waals surface area contributed by atoms with Gasteiger partial charge < -0.3 is 4.55 Å². The van der Waals surface area contributed by atoms with Crippen molar-refractivity contribution in [2.75, 3.05) is 5.75 Å². The Labute approximate surface area is 179 Å². The third-order valence-corrected chi connectivity index (χ3v) is 9.23. The average molecular weight is 389 g/mol. The Morgan fingerprint density at radius 3 is 2.46 bits per heavy atom. The van der Waals surface area contributed by atoms with Crippen LogP contribution >= 0.6 is 0 Å². The fourth-order valence-electron chi connectivity index (χ4n) is 6.94. The Kier molecular flexibility index (Phi) is 5.65. The van der Waals surface area contributed by atoms with Crippen LogP contribution in [0.3, 0.4) is 0 Å². The van der Waals surface area contributed by atoms with Gasteiger partial charge in [-0.3, -0.25) is 4.79 Å². The molecule has 3 saturated carbocycles. The molecule has 4 nitrogen and oxygen atoms in total. The third-order valence-electron chi connectivity index (χ3n) is 8.35. The van der Waals surface area contributed by atoms with Gasteiger partial charge in [-0.05, 0) is 74.0 Å². The molecule has 0 aromatic rings. The first-order chi connectivity index (χ1) is 11.6. The van der Waals surface area contributed by atoms with Crippen LogP contribution < -0.4 is 29.6 Å². The van der Waals surface area contributed by atoms with E-state index in [-0.39, 0.29) is 52.1 Å². The minimum absolute atomic E-state index is 0. The van der Waals surface area contributed by atoms with Gasteiger partial charge in [0, 0.05) is 17.6 Å². The summed E-state index contributed by atoms with van der Waals surface area (Å²) in [6, 6.07) is 0. The summed E-state index contributed by atoms with van der Waals surface area (Å²) >= 11 is 0. The van der Waals surface area contributed by atoms with Gasteiger partial charge in [0.1, 0.15) is 5.78 Å². The standard InChI is InChI=1S/C20H30O4S.Na/c1-19-9-7-13(12-25(22,23)24)11-14(19)3-4-15-16-5-6-18(21)20(16,2)10-8-17(15)19;/h3,13,15-17H,4-12H2,1-2H3,(H,22,23,24);/q;+1/p-1/t13-,15-,16-,17-,19-,20-;/m0./s1. The van der Waals surface area contributed by atoms with E-state index in [4.69, 9.17) is 0 Å². The van der Waals surface area contributed by atoms with Crippen molar-refractivity contribution in [2.45, 2.75) is 65.2 Å². The summed E-state index contributed by atoms with van der Waals surface area (Å²) in [7, 11) is -4.15. The van der Waals surface area contributed by atoms with Gasteiger partial charge in [-0.1, -0.05) is 25.5 Å². The second kappa shape index (κ2) is 6.98. The van der Waals surface area contributed by atoms with E-state index in [0.29, 0.717) is 23.5 Å². The predicted molar refractivity (Wildman–Crippen MR) is 94.8 cm³/mol. The minimum atomic E-state index is -4.15. The van der Waals surface area contributed by atoms with E-state index in [1.807, 2.05) is 0 Å². The van der Waals surface area contributed by atoms with Gasteiger partial charge in [-0.25, -0.2) is 8.42 Å². The number of hydrogen-bond donors (Lipinski definition) is 0. The fraction of sp³-hybridized carbons (Fsp3) is 0.850. The molecule has 4 rings (SSSR count). The van der Waals surface area contributed by atoms with Crippen molar-refractivity contribution in [3.8, 4) is 0 Å². The number of rotatable bonds is 2. The molecule has 0 unspecified atom stereocenters. The zero-order valence-electron chi connectivity index (χ0n) is 16.3. The molecule has 6 atom stereocenters. The first kappa shape index (κ1) is 21.0. The SMILES string of the molecule is C[C@]12CC[C@H](CS(=O)(=O)[O-])CC1=CC[C@@H]1[C@@H]2CC[C@]2(C)C(=O)CC[C@@H]12.[Na+]. The number of allylic oxidation sites excluding steroid dienone is 2. The van der Waals surface area contributed by atoms with Gasteiger partial charge in [-0.15, -0.1) is 0 Å². The largest absolute Gasteiger partial charge is 1.00 e. The maximum absolute atomic E-state index is 12.4. The van der Waals surface area contributed by atoms with Crippen molar-refractivity contribution in [1.29, 1.82) is 0 Å². The summed E-state index contributed by atoms with van der Waals surface area (Å²) in [5.41, 5.74) is 1.43. The molecule has 0 N–H and O–H groups in total. The van der Waals surface area contributed by atoms with E-state index >= 15 is 0 Å². The Bertz CT molecular complexity index is 730. The molecule has 6 heteroatoms. The van der Waals surface area contributed by atoms with E-state index in [0.717, 1.165) is 51.4 Å². The summed E-state index contributed by atoms with van der Waals surface area (Å²) in [6.07, 6.45) is 9.88. The average Bonchev–Trinajstić information content (AvgIpc) is 2.82. The van der Waals surface area contributed by atoms with Gasteiger partial charge >= 0.3 is 29.6 Å². The number of carbonyl (C=O) groups is 1. The fourth-order valence-corrected chi connectivity index (χ4v) is 7.80. The summed E-state index contributed by atoms with van der Waals surface area (Å²) < 4.78 is 33.5. The number of Topliss-reactive ketones (excluding diaryl/α,β-unsaturated/α-hetero) is 1. The topological polar surface area (TPSA) is 74.3 Å². The zero-order chi connectivity index (χ0) is 18.0. The van der Waals surface area contributed by atoms with Crippen molar-refractivity contribution in [3.05, 3.63) is 11.6 Å². The van der Waals surface area contributed by atoms with Crippen LogP contribution in [0, 0.1) is 34.5 Å². The Hall–Kier alpha value is 0.320. The minimum Gasteiger partial charge on any atom is -0.748 e. The quantitative estimate of drug-likeness (QED) is 0.396. The Balaban J connectivity index is 0.00000196. The number of hydrogen-bond acceptors (Lipinski definition) is 4. The summed E-state index contributed by atoms with van der Waals surface area (Å²) in [5, 5.41) is 0. The second-order valence-corrected chi connectivity index (χ2v) is 11.0. The molecule has 3 fully saturated rings. The molecule has 0 heterocycles. The van der Waals surface area contributed by atoms with E-state index in [1.165, 1.54) is 5.57 Å². The summed E-state index contributed by atoms with van der Waals surface area (Å²) in [5.74, 6) is 1.97. The van der Waals surface area contributed by atoms with Crippen molar-refractivity contribution < 1.29 is 47.3 Å². The van der Waals surface area contributed by atoms with Crippen LogP contribution in [0.4, 0.5) is 0 Å². The summed E-state index contributed by atoms with van der Waals surface area (Å²) in [6.45, 7) is 4.55. The van der Waals surface area contributed by atoms with E-state index in [1.54, 1.807) is 0 Å². The third kappa shape index (κ3) is 3.30. The number of fused-ring (bicyclic) bond motifs is 5. The molecule has 0 spiro atoms. The van der Waals surface area contributed by atoms with E-state index in [9.17, 15) is 17.8 Å². The van der Waals surface area contributed by atoms with Crippen molar-refractivity contribution in [1.82, 2.24) is 0 Å². The number of ketones is 1. The molecule has 0 amide bonds. The van der Waals surface area contributed by atoms with Crippen LogP contribution in [-0.4, -0.2) is 24.5 Å². The van der Waals surface area contributed by atoms with E-state index in [2.05, 4.69) is 19.9 Å². The molecular formula is C20H29NaO4S. The van der Waals surface area contributed by atoms with Gasteiger partial charge in [0.2, 0.25) is 0 Å². The molecular weight excluding hydrogens is 359 g/mol. The van der Waals surface area contributed by atoms with Crippen LogP contribution in [0.25, 0.3) is 0 Å². The van der Waals surface area contributed by atoms with Crippen molar-refractivity contribution >= 4 is 15.9 Å². The van der Waals surface area contributed by atoms with Gasteiger partial charge in [0.05, 0.1) is 10.1 Å². The van der Waals surface area contributed by atoms with Crippen molar-refractivity contribution in [2.24, 2.45) is 34.5 Å². The molecule has 0 bridgehead atoms. The normalized spacial score (nSPS) is 45.0. The molecule has 0 saturated heterocycles. The second-order valence-electron chi connectivity index (χ2n) is 9.51. The predicted octanol–water partition coefficient (Wildman–Crippen LogP) is 0.684. The molecule has 4 aliphatic rings. The van der Waals surface area contributed by atoms with Crippen molar-refractivity contribution in [3.63, 3.8) is 0 Å². The Morgan fingerprint density at radius 2 is 1.77 bits per heavy atom. The monoisotopic (exact) mass is 388 g/mol. The molecule has 140 valence electrons. The van der Waals surface area contributed by atoms with Crippen LogP contribution in [0.15, 0.2) is 11.6 Å². The maximum atomic E-state index is 12.4. The summed E-state index contributed by atoms with van der Waals surface area (Å²) in [4.78, 5) is 12.4. The van der Waals surface area contributed by atoms with Crippen LogP contribution in [0.1, 0.15) is 65.2 Å². The maximum Gasteiger partial charge on any atom is 1.00 e. The first-order valence-corrected chi connectivity index (χ1v) is 11.4. The molecule has 26 heavy (non-hydrogen) atoms. The molecule has 4 aliphatic carbocycles. The molecule has 0 aliphatic heterocycles. The zero-order valence-corrected chi connectivity index (χ0v) is 19.1. The first-order valence-electron chi connectivity index (χ1n) is 9.80. The van der Waals surface area contributed by atoms with Crippen LogP contribution in [0.5, 0.6) is 0 Å². The van der Waals surface area contributed by atoms with E-state index < -0.39 is 10.1 Å². The number of carbonyl (C=O) groups excluding carboxylic acids is 1. The van der Waals surface area contributed by atoms with Crippen LogP contribution in [0.2, 0.25) is 0 Å². The van der Waals surface area contributed by atoms with Gasteiger partial charge in [0.15, 0.2) is 0 Å². The van der Waals surface area contributed by atoms with Gasteiger partial charge in [0.25, 0.3) is 0 Å². The Morgan fingerprint density at radius 1 is 1.12 bits per heavy atom.